The predicted octanol–water partition coefficient (Wildman–Crippen LogP) is 4.90. The van der Waals surface area contributed by atoms with Crippen molar-refractivity contribution in [3.8, 4) is 11.5 Å². The van der Waals surface area contributed by atoms with Crippen molar-refractivity contribution in [2.45, 2.75) is 13.5 Å². The summed E-state index contributed by atoms with van der Waals surface area (Å²) in [5, 5.41) is 10.3. The zero-order valence-corrected chi connectivity index (χ0v) is 17.8. The first-order chi connectivity index (χ1) is 14.1. The van der Waals surface area contributed by atoms with Crippen LogP contribution in [0.15, 0.2) is 59.7 Å². The van der Waals surface area contributed by atoms with Crippen LogP contribution in [0.2, 0.25) is 5.02 Å². The second-order valence-electron chi connectivity index (χ2n) is 6.23. The summed E-state index contributed by atoms with van der Waals surface area (Å²) in [6.07, 6.45) is 1.62. The first-order valence-electron chi connectivity index (χ1n) is 9.15. The van der Waals surface area contributed by atoms with E-state index in [0.29, 0.717) is 28.2 Å². The van der Waals surface area contributed by atoms with Gasteiger partial charge in [-0.25, -0.2) is 0 Å². The zero-order valence-electron chi connectivity index (χ0n) is 16.2. The smallest absolute Gasteiger partial charge is 0.186 e. The molecule has 0 saturated carbocycles. The van der Waals surface area contributed by atoms with Gasteiger partial charge < -0.3 is 14.8 Å². The molecule has 0 aliphatic carbocycles. The number of hydrogen-bond acceptors (Lipinski definition) is 4. The first-order valence-corrected chi connectivity index (χ1v) is 9.94. The Labute approximate surface area is 180 Å². The summed E-state index contributed by atoms with van der Waals surface area (Å²) in [6.45, 7) is 3.07. The lowest BCUT2D eigenvalue weighted by Gasteiger charge is -2.13. The van der Waals surface area contributed by atoms with Crippen molar-refractivity contribution in [2.75, 3.05) is 13.7 Å². The van der Waals surface area contributed by atoms with Crippen LogP contribution in [-0.2, 0) is 6.61 Å². The highest BCUT2D eigenvalue weighted by molar-refractivity contribution is 7.80. The molecule has 3 rings (SSSR count). The van der Waals surface area contributed by atoms with E-state index in [1.807, 2.05) is 31.2 Å². The molecule has 5 nitrogen and oxygen atoms in total. The Morgan fingerprint density at radius 2 is 1.93 bits per heavy atom. The number of hydrazone groups is 1. The summed E-state index contributed by atoms with van der Waals surface area (Å²) in [5.74, 6) is 1.03. The van der Waals surface area contributed by atoms with Crippen molar-refractivity contribution in [1.82, 2.24) is 10.7 Å². The lowest BCUT2D eigenvalue weighted by molar-refractivity contribution is 0.285. The molecule has 0 aromatic heterocycles. The number of thiocarbonyl (C=S) groups is 1. The summed E-state index contributed by atoms with van der Waals surface area (Å²) >= 11 is 11.5. The Balaban J connectivity index is 1.73. The van der Waals surface area contributed by atoms with Gasteiger partial charge in [0.15, 0.2) is 16.6 Å². The average molecular weight is 428 g/mol. The SMILES string of the molecule is CCNC(=S)NN=Cc1cc(Cl)c(OCc2ccc3ccccc3c2)c(OC)c1. The third-order valence-electron chi connectivity index (χ3n) is 4.17. The molecule has 29 heavy (non-hydrogen) atoms. The molecule has 3 aromatic carbocycles. The first kappa shape index (κ1) is 20.9. The molecule has 0 radical (unpaired) electrons. The zero-order chi connectivity index (χ0) is 20.6. The number of benzene rings is 3. The van der Waals surface area contributed by atoms with Crippen LogP contribution in [0, 0.1) is 0 Å². The molecule has 0 spiro atoms. The average Bonchev–Trinajstić information content (AvgIpc) is 2.72. The minimum atomic E-state index is 0.382. The van der Waals surface area contributed by atoms with E-state index < -0.39 is 0 Å². The van der Waals surface area contributed by atoms with Gasteiger partial charge in [0.1, 0.15) is 6.61 Å². The van der Waals surface area contributed by atoms with E-state index >= 15 is 0 Å². The Kier molecular flexibility index (Phi) is 7.27. The van der Waals surface area contributed by atoms with Crippen molar-refractivity contribution < 1.29 is 9.47 Å². The van der Waals surface area contributed by atoms with Gasteiger partial charge in [0.25, 0.3) is 0 Å². The molecule has 0 saturated heterocycles. The van der Waals surface area contributed by atoms with Crippen LogP contribution in [0.4, 0.5) is 0 Å². The molecule has 0 fully saturated rings. The standard InChI is InChI=1S/C22H22ClN3O2S/c1-3-24-22(29)26-25-13-16-11-19(23)21(20(12-16)27-2)28-14-15-8-9-17-6-4-5-7-18(17)10-15/h4-13H,3,14H2,1-2H3,(H2,24,26,29). The van der Waals surface area contributed by atoms with Gasteiger partial charge in [-0.05, 0) is 59.2 Å². The maximum Gasteiger partial charge on any atom is 0.186 e. The Bertz CT molecular complexity index is 1040. The third-order valence-corrected chi connectivity index (χ3v) is 4.68. The lowest BCUT2D eigenvalue weighted by Crippen LogP contribution is -2.31. The van der Waals surface area contributed by atoms with Crippen molar-refractivity contribution >= 4 is 45.9 Å². The summed E-state index contributed by atoms with van der Waals surface area (Å²) < 4.78 is 11.4. The van der Waals surface area contributed by atoms with Crippen molar-refractivity contribution in [1.29, 1.82) is 0 Å². The number of nitrogens with zero attached hydrogens (tertiary/aromatic N) is 1. The Hall–Kier alpha value is -2.83. The van der Waals surface area contributed by atoms with E-state index in [-0.39, 0.29) is 0 Å². The van der Waals surface area contributed by atoms with Gasteiger partial charge in [0, 0.05) is 6.54 Å². The molecule has 150 valence electrons. The lowest BCUT2D eigenvalue weighted by atomic mass is 10.1. The van der Waals surface area contributed by atoms with Crippen molar-refractivity contribution in [3.05, 3.63) is 70.7 Å². The maximum absolute atomic E-state index is 6.44. The number of halogens is 1. The molecule has 0 heterocycles. The van der Waals surface area contributed by atoms with Crippen LogP contribution in [0.1, 0.15) is 18.1 Å². The third kappa shape index (κ3) is 5.59. The van der Waals surface area contributed by atoms with Gasteiger partial charge in [-0.1, -0.05) is 48.0 Å². The van der Waals surface area contributed by atoms with E-state index in [2.05, 4.69) is 40.1 Å². The van der Waals surface area contributed by atoms with E-state index in [0.717, 1.165) is 17.7 Å². The maximum atomic E-state index is 6.44. The highest BCUT2D eigenvalue weighted by atomic mass is 35.5. The van der Waals surface area contributed by atoms with Gasteiger partial charge in [-0.2, -0.15) is 5.10 Å². The topological polar surface area (TPSA) is 54.9 Å². The molecule has 7 heteroatoms. The molecular weight excluding hydrogens is 406 g/mol. The van der Waals surface area contributed by atoms with Crippen molar-refractivity contribution in [2.24, 2.45) is 5.10 Å². The fourth-order valence-electron chi connectivity index (χ4n) is 2.80. The van der Waals surface area contributed by atoms with E-state index in [9.17, 15) is 0 Å². The summed E-state index contributed by atoms with van der Waals surface area (Å²) in [5.41, 5.74) is 4.55. The molecule has 0 unspecified atom stereocenters. The van der Waals surface area contributed by atoms with Crippen molar-refractivity contribution in [3.63, 3.8) is 0 Å². The highest BCUT2D eigenvalue weighted by Gasteiger charge is 2.12. The van der Waals surface area contributed by atoms with Gasteiger partial charge in [0.2, 0.25) is 0 Å². The van der Waals surface area contributed by atoms with Crippen LogP contribution in [0.3, 0.4) is 0 Å². The number of ether oxygens (including phenoxy) is 2. The summed E-state index contributed by atoms with van der Waals surface area (Å²) in [6, 6.07) is 18.0. The molecule has 0 amide bonds. The summed E-state index contributed by atoms with van der Waals surface area (Å²) in [4.78, 5) is 0. The fraction of sp³-hybridized carbons (Fsp3) is 0.182. The van der Waals surface area contributed by atoms with Crippen LogP contribution < -0.4 is 20.2 Å². The Morgan fingerprint density at radius 1 is 1.14 bits per heavy atom. The van der Waals surface area contributed by atoms with Gasteiger partial charge in [-0.3, -0.25) is 5.43 Å². The number of fused-ring (bicyclic) bond motifs is 1. The van der Waals surface area contributed by atoms with E-state index in [4.69, 9.17) is 33.3 Å². The minimum absolute atomic E-state index is 0.382. The molecule has 0 aliphatic heterocycles. The van der Waals surface area contributed by atoms with Gasteiger partial charge in [-0.15, -0.1) is 0 Å². The quantitative estimate of drug-likeness (QED) is 0.319. The number of hydrogen-bond donors (Lipinski definition) is 2. The van der Waals surface area contributed by atoms with E-state index in [1.165, 1.54) is 10.8 Å². The van der Waals surface area contributed by atoms with Gasteiger partial charge in [0.05, 0.1) is 18.3 Å². The molecule has 2 N–H and O–H groups in total. The largest absolute Gasteiger partial charge is 0.493 e. The summed E-state index contributed by atoms with van der Waals surface area (Å²) in [7, 11) is 1.58. The highest BCUT2D eigenvalue weighted by Crippen LogP contribution is 2.36. The van der Waals surface area contributed by atoms with Crippen LogP contribution in [0.5, 0.6) is 11.5 Å². The molecule has 3 aromatic rings. The minimum Gasteiger partial charge on any atom is -0.493 e. The second kappa shape index (κ2) is 10.1. The monoisotopic (exact) mass is 427 g/mol. The normalized spacial score (nSPS) is 10.9. The van der Waals surface area contributed by atoms with Crippen LogP contribution >= 0.6 is 23.8 Å². The van der Waals surface area contributed by atoms with Crippen LogP contribution in [-0.4, -0.2) is 25.0 Å². The Morgan fingerprint density at radius 3 is 2.69 bits per heavy atom. The molecular formula is C22H22ClN3O2S. The van der Waals surface area contributed by atoms with Gasteiger partial charge >= 0.3 is 0 Å². The van der Waals surface area contributed by atoms with Crippen LogP contribution in [0.25, 0.3) is 10.8 Å². The van der Waals surface area contributed by atoms with E-state index in [1.54, 1.807) is 19.4 Å². The molecule has 0 bridgehead atoms. The number of methoxy groups -OCH3 is 1. The predicted molar refractivity (Wildman–Crippen MR) is 123 cm³/mol. The number of nitrogens with one attached hydrogen (secondary N) is 2. The molecule has 0 atom stereocenters. The fourth-order valence-corrected chi connectivity index (χ4v) is 3.27. The second-order valence-corrected chi connectivity index (χ2v) is 7.05. The molecule has 0 aliphatic rings. The number of rotatable bonds is 7.